The summed E-state index contributed by atoms with van der Waals surface area (Å²) in [5.74, 6) is 0.416. The molecule has 0 aliphatic heterocycles. The molecular weight excluding hydrogens is 480 g/mol. The van der Waals surface area contributed by atoms with Crippen molar-refractivity contribution < 1.29 is 23.8 Å². The van der Waals surface area contributed by atoms with Crippen LogP contribution in [0.1, 0.15) is 22.8 Å². The van der Waals surface area contributed by atoms with Gasteiger partial charge in [-0.15, -0.1) is 0 Å². The number of carbonyl (C=O) groups is 2. The van der Waals surface area contributed by atoms with E-state index in [1.165, 1.54) is 6.21 Å². The van der Waals surface area contributed by atoms with Gasteiger partial charge in [-0.2, -0.15) is 5.10 Å². The zero-order chi connectivity index (χ0) is 25.5. The molecule has 0 heterocycles. The number of nitrogens with zero attached hydrogens (tertiary/aromatic N) is 1. The maximum atomic E-state index is 12.8. The summed E-state index contributed by atoms with van der Waals surface area (Å²) in [6.45, 7) is 1.60. The third-order valence-corrected chi connectivity index (χ3v) is 5.54. The first-order valence-electron chi connectivity index (χ1n) is 11.1. The van der Waals surface area contributed by atoms with Gasteiger partial charge in [-0.25, -0.2) is 10.2 Å². The fraction of sp³-hybridized carbons (Fsp3) is 0.107. The van der Waals surface area contributed by atoms with Crippen LogP contribution in [0.2, 0.25) is 5.02 Å². The van der Waals surface area contributed by atoms with Crippen molar-refractivity contribution in [2.24, 2.45) is 5.10 Å². The lowest BCUT2D eigenvalue weighted by Gasteiger charge is -2.13. The first-order chi connectivity index (χ1) is 17.4. The van der Waals surface area contributed by atoms with Crippen LogP contribution in [0.5, 0.6) is 17.2 Å². The van der Waals surface area contributed by atoms with Gasteiger partial charge in [-0.1, -0.05) is 48.0 Å². The lowest BCUT2D eigenvalue weighted by atomic mass is 10.0. The van der Waals surface area contributed by atoms with E-state index < -0.39 is 18.0 Å². The van der Waals surface area contributed by atoms with E-state index in [0.29, 0.717) is 33.4 Å². The van der Waals surface area contributed by atoms with Crippen LogP contribution in [0.3, 0.4) is 0 Å². The van der Waals surface area contributed by atoms with E-state index in [1.807, 2.05) is 30.3 Å². The summed E-state index contributed by atoms with van der Waals surface area (Å²) in [6.07, 6.45) is 0.628. The SMILES string of the molecule is COc1ccc(C(=O)Oc2ccc3ccccc3c2C=NNC(=O)C(C)Oc2cccc(Cl)c2)cc1. The van der Waals surface area contributed by atoms with Crippen LogP contribution in [-0.2, 0) is 4.79 Å². The Bertz CT molecular complexity index is 1420. The maximum absolute atomic E-state index is 12.8. The van der Waals surface area contributed by atoms with E-state index in [0.717, 1.165) is 10.8 Å². The van der Waals surface area contributed by atoms with Gasteiger partial charge < -0.3 is 14.2 Å². The topological polar surface area (TPSA) is 86.2 Å². The molecule has 0 radical (unpaired) electrons. The predicted molar refractivity (Wildman–Crippen MR) is 139 cm³/mol. The molecule has 7 nitrogen and oxygen atoms in total. The lowest BCUT2D eigenvalue weighted by molar-refractivity contribution is -0.127. The highest BCUT2D eigenvalue weighted by molar-refractivity contribution is 6.30. The minimum absolute atomic E-state index is 0.302. The number of amides is 1. The first kappa shape index (κ1) is 24.8. The standard InChI is InChI=1S/C28H23ClN2O5/c1-18(35-23-8-5-7-21(29)16-23)27(32)31-30-17-25-24-9-4-3-6-19(24)12-15-26(25)36-28(33)20-10-13-22(34-2)14-11-20/h3-18H,1-2H3,(H,31,32). The van der Waals surface area contributed by atoms with Crippen LogP contribution < -0.4 is 19.6 Å². The van der Waals surface area contributed by atoms with Gasteiger partial charge in [0.1, 0.15) is 17.2 Å². The summed E-state index contributed by atoms with van der Waals surface area (Å²) in [7, 11) is 1.55. The number of fused-ring (bicyclic) bond motifs is 1. The summed E-state index contributed by atoms with van der Waals surface area (Å²) in [4.78, 5) is 25.3. The molecule has 0 aliphatic rings. The van der Waals surface area contributed by atoms with Gasteiger partial charge in [0.25, 0.3) is 5.91 Å². The highest BCUT2D eigenvalue weighted by Crippen LogP contribution is 2.28. The molecule has 1 atom stereocenters. The lowest BCUT2D eigenvalue weighted by Crippen LogP contribution is -2.33. The highest BCUT2D eigenvalue weighted by atomic mass is 35.5. The summed E-state index contributed by atoms with van der Waals surface area (Å²) in [6, 6.07) is 24.5. The van der Waals surface area contributed by atoms with E-state index in [2.05, 4.69) is 10.5 Å². The Morgan fingerprint density at radius 2 is 1.72 bits per heavy atom. The minimum atomic E-state index is -0.819. The molecule has 0 spiro atoms. The van der Waals surface area contributed by atoms with Gasteiger partial charge in [0.05, 0.1) is 18.9 Å². The van der Waals surface area contributed by atoms with E-state index in [9.17, 15) is 9.59 Å². The van der Waals surface area contributed by atoms with Crippen LogP contribution in [-0.4, -0.2) is 31.3 Å². The van der Waals surface area contributed by atoms with Gasteiger partial charge in [0, 0.05) is 10.6 Å². The average Bonchev–Trinajstić information content (AvgIpc) is 2.89. The van der Waals surface area contributed by atoms with Crippen molar-refractivity contribution in [1.82, 2.24) is 5.43 Å². The molecule has 4 aromatic carbocycles. The van der Waals surface area contributed by atoms with E-state index in [4.69, 9.17) is 25.8 Å². The molecule has 0 aliphatic carbocycles. The van der Waals surface area contributed by atoms with Gasteiger partial charge in [0.15, 0.2) is 6.10 Å². The van der Waals surface area contributed by atoms with Crippen molar-refractivity contribution in [3.05, 3.63) is 101 Å². The Morgan fingerprint density at radius 3 is 2.47 bits per heavy atom. The zero-order valence-corrected chi connectivity index (χ0v) is 20.4. The van der Waals surface area contributed by atoms with E-state index in [1.54, 1.807) is 68.6 Å². The summed E-state index contributed by atoms with van der Waals surface area (Å²) < 4.78 is 16.4. The summed E-state index contributed by atoms with van der Waals surface area (Å²) >= 11 is 5.96. The first-order valence-corrected chi connectivity index (χ1v) is 11.5. The van der Waals surface area contributed by atoms with Crippen LogP contribution in [0.4, 0.5) is 0 Å². The minimum Gasteiger partial charge on any atom is -0.497 e. The molecule has 0 saturated carbocycles. The number of ether oxygens (including phenoxy) is 3. The van der Waals surface area contributed by atoms with Crippen molar-refractivity contribution in [3.63, 3.8) is 0 Å². The normalized spacial score (nSPS) is 11.8. The number of hydrazone groups is 1. The fourth-order valence-electron chi connectivity index (χ4n) is 3.43. The van der Waals surface area contributed by atoms with E-state index in [-0.39, 0.29) is 0 Å². The third kappa shape index (κ3) is 6.00. The van der Waals surface area contributed by atoms with Crippen molar-refractivity contribution in [1.29, 1.82) is 0 Å². The molecule has 4 aromatic rings. The number of hydrogen-bond donors (Lipinski definition) is 1. The largest absolute Gasteiger partial charge is 0.497 e. The van der Waals surface area contributed by atoms with Gasteiger partial charge in [-0.3, -0.25) is 4.79 Å². The molecule has 0 saturated heterocycles. The number of benzene rings is 4. The number of nitrogens with one attached hydrogen (secondary N) is 1. The molecule has 1 unspecified atom stereocenters. The van der Waals surface area contributed by atoms with Crippen LogP contribution in [0.15, 0.2) is 90.0 Å². The molecule has 1 amide bonds. The summed E-state index contributed by atoms with van der Waals surface area (Å²) in [5.41, 5.74) is 3.38. The van der Waals surface area contributed by atoms with Crippen molar-refractivity contribution in [2.75, 3.05) is 7.11 Å². The van der Waals surface area contributed by atoms with Crippen LogP contribution in [0, 0.1) is 0 Å². The molecule has 182 valence electrons. The number of esters is 1. The Morgan fingerprint density at radius 1 is 0.944 bits per heavy atom. The number of methoxy groups -OCH3 is 1. The maximum Gasteiger partial charge on any atom is 0.343 e. The quantitative estimate of drug-likeness (QED) is 0.146. The van der Waals surface area contributed by atoms with E-state index >= 15 is 0 Å². The fourth-order valence-corrected chi connectivity index (χ4v) is 3.61. The second kappa shape index (κ2) is 11.4. The Hall–Kier alpha value is -4.36. The second-order valence-corrected chi connectivity index (χ2v) is 8.20. The predicted octanol–water partition coefficient (Wildman–Crippen LogP) is 5.64. The molecule has 0 aromatic heterocycles. The molecule has 8 heteroatoms. The van der Waals surface area contributed by atoms with Gasteiger partial charge in [-0.05, 0) is 66.2 Å². The zero-order valence-electron chi connectivity index (χ0n) is 19.6. The highest BCUT2D eigenvalue weighted by Gasteiger charge is 2.16. The monoisotopic (exact) mass is 502 g/mol. The Kier molecular flexibility index (Phi) is 7.82. The average molecular weight is 503 g/mol. The molecule has 0 fully saturated rings. The van der Waals surface area contributed by atoms with Crippen LogP contribution in [0.25, 0.3) is 10.8 Å². The molecule has 0 bridgehead atoms. The summed E-state index contributed by atoms with van der Waals surface area (Å²) in [5, 5.41) is 6.33. The van der Waals surface area contributed by atoms with Crippen LogP contribution >= 0.6 is 11.6 Å². The van der Waals surface area contributed by atoms with Gasteiger partial charge in [0.2, 0.25) is 0 Å². The number of hydrogen-bond acceptors (Lipinski definition) is 6. The van der Waals surface area contributed by atoms with Crippen molar-refractivity contribution in [3.8, 4) is 17.2 Å². The Balaban J connectivity index is 1.52. The molecule has 1 N–H and O–H groups in total. The van der Waals surface area contributed by atoms with Gasteiger partial charge >= 0.3 is 5.97 Å². The second-order valence-electron chi connectivity index (χ2n) is 7.77. The molecule has 36 heavy (non-hydrogen) atoms. The smallest absolute Gasteiger partial charge is 0.343 e. The molecule has 4 rings (SSSR count). The number of rotatable bonds is 8. The number of halogens is 1. The van der Waals surface area contributed by atoms with Crippen molar-refractivity contribution in [2.45, 2.75) is 13.0 Å². The molecular formula is C28H23ClN2O5. The van der Waals surface area contributed by atoms with Crippen molar-refractivity contribution >= 4 is 40.5 Å². The number of carbonyl (C=O) groups excluding carboxylic acids is 2. The Labute approximate surface area is 213 Å². The third-order valence-electron chi connectivity index (χ3n) is 5.31.